The molecule has 224 valence electrons. The van der Waals surface area contributed by atoms with Gasteiger partial charge in [0.2, 0.25) is 0 Å². The van der Waals surface area contributed by atoms with Gasteiger partial charge >= 0.3 is 24.3 Å². The van der Waals surface area contributed by atoms with E-state index in [1.807, 2.05) is 0 Å². The number of nitrogens with zero attached hydrogens (tertiary/aromatic N) is 4. The Morgan fingerprint density at radius 2 is 1.12 bits per heavy atom. The van der Waals surface area contributed by atoms with Gasteiger partial charge in [-0.3, -0.25) is 9.36 Å². The van der Waals surface area contributed by atoms with E-state index in [1.165, 1.54) is 39.7 Å². The van der Waals surface area contributed by atoms with Crippen LogP contribution < -0.4 is 0 Å². The number of rotatable bonds is 7. The summed E-state index contributed by atoms with van der Waals surface area (Å²) in [7, 11) is 3.26. The van der Waals surface area contributed by atoms with Crippen LogP contribution in [0.5, 0.6) is 0 Å². The van der Waals surface area contributed by atoms with Gasteiger partial charge in [0, 0.05) is 38.3 Å². The predicted molar refractivity (Wildman–Crippen MR) is 138 cm³/mol. The molecule has 8 nitrogen and oxygen atoms in total. The predicted octanol–water partition coefficient (Wildman–Crippen LogP) is 5.93. The summed E-state index contributed by atoms with van der Waals surface area (Å²) in [4.78, 5) is 22.4. The van der Waals surface area contributed by atoms with Crippen LogP contribution in [0.2, 0.25) is 0 Å². The molecule has 0 spiro atoms. The first-order valence-corrected chi connectivity index (χ1v) is 12.4. The van der Waals surface area contributed by atoms with Gasteiger partial charge in [-0.25, -0.2) is 9.59 Å². The first-order valence-electron chi connectivity index (χ1n) is 12.4. The van der Waals surface area contributed by atoms with Gasteiger partial charge in [0.05, 0.1) is 17.7 Å². The first kappa shape index (κ1) is 31.9. The molecule has 14 heteroatoms. The molecule has 0 saturated carbocycles. The lowest BCUT2D eigenvalue weighted by Gasteiger charge is -2.07. The lowest BCUT2D eigenvalue weighted by Crippen LogP contribution is -2.06. The molecule has 42 heavy (non-hydrogen) atoms. The van der Waals surface area contributed by atoms with Crippen LogP contribution in [-0.4, -0.2) is 43.2 Å². The number of aromatic nitrogens is 4. The van der Waals surface area contributed by atoms with Gasteiger partial charge in [-0.2, -0.15) is 36.5 Å². The van der Waals surface area contributed by atoms with Crippen molar-refractivity contribution < 1.29 is 45.8 Å². The second-order valence-corrected chi connectivity index (χ2v) is 9.06. The molecule has 4 aromatic rings. The molecule has 0 bridgehead atoms. The largest absolute Gasteiger partial charge is 0.476 e. The maximum absolute atomic E-state index is 12.5. The molecule has 0 saturated heterocycles. The third-order valence-corrected chi connectivity index (χ3v) is 5.99. The number of carbonyl (C=O) groups excluding carboxylic acids is 1. The summed E-state index contributed by atoms with van der Waals surface area (Å²) in [5.41, 5.74) is 1.38. The van der Waals surface area contributed by atoms with Crippen LogP contribution in [0.3, 0.4) is 0 Å². The van der Waals surface area contributed by atoms with Gasteiger partial charge < -0.3 is 9.84 Å². The quantitative estimate of drug-likeness (QED) is 0.210. The second kappa shape index (κ2) is 12.9. The number of carboxylic acid groups (broad SMARTS) is 1. The molecule has 0 unspecified atom stereocenters. The van der Waals surface area contributed by atoms with E-state index in [-0.39, 0.29) is 18.0 Å². The Hall–Kier alpha value is -4.62. The van der Waals surface area contributed by atoms with E-state index in [4.69, 9.17) is 9.84 Å². The average molecular weight is 597 g/mol. The smallest absolute Gasteiger partial charge is 0.416 e. The van der Waals surface area contributed by atoms with Crippen LogP contribution in [-0.2, 0) is 44.0 Å². The molecule has 2 aromatic heterocycles. The number of ether oxygens (including phenoxy) is 1. The number of benzene rings is 2. The van der Waals surface area contributed by atoms with Crippen molar-refractivity contribution >= 4 is 11.9 Å². The first-order chi connectivity index (χ1) is 19.6. The Bertz CT molecular complexity index is 1520. The number of halogens is 6. The Labute approximate surface area is 236 Å². The second-order valence-electron chi connectivity index (χ2n) is 9.06. The number of carboxylic acids is 1. The van der Waals surface area contributed by atoms with Crippen molar-refractivity contribution in [1.29, 1.82) is 0 Å². The highest BCUT2D eigenvalue weighted by Gasteiger charge is 2.30. The fraction of sp³-hybridized carbons (Fsp3) is 0.286. The number of aryl methyl sites for hydroxylation is 2. The topological polar surface area (TPSA) is 99.2 Å². The monoisotopic (exact) mass is 596 g/mol. The highest BCUT2D eigenvalue weighted by molar-refractivity contribution is 5.87. The molecule has 0 radical (unpaired) electrons. The van der Waals surface area contributed by atoms with Crippen LogP contribution in [0, 0.1) is 0 Å². The number of hydrogen-bond donors (Lipinski definition) is 1. The van der Waals surface area contributed by atoms with E-state index in [2.05, 4.69) is 10.2 Å². The zero-order valence-corrected chi connectivity index (χ0v) is 22.6. The van der Waals surface area contributed by atoms with Crippen molar-refractivity contribution in [3.05, 3.63) is 106 Å². The van der Waals surface area contributed by atoms with Crippen LogP contribution >= 0.6 is 0 Å². The Balaban J connectivity index is 0.000000231. The van der Waals surface area contributed by atoms with Crippen molar-refractivity contribution in [2.45, 2.75) is 32.1 Å². The minimum atomic E-state index is -4.36. The molecule has 2 heterocycles. The molecule has 4 rings (SSSR count). The minimum absolute atomic E-state index is 0.0885. The van der Waals surface area contributed by atoms with Crippen LogP contribution in [0.4, 0.5) is 26.3 Å². The summed E-state index contributed by atoms with van der Waals surface area (Å²) in [6.07, 6.45) is -8.01. The molecule has 0 aliphatic carbocycles. The van der Waals surface area contributed by atoms with Crippen LogP contribution in [0.25, 0.3) is 0 Å². The highest BCUT2D eigenvalue weighted by Crippen LogP contribution is 2.30. The minimum Gasteiger partial charge on any atom is -0.476 e. The number of esters is 1. The van der Waals surface area contributed by atoms with Crippen LogP contribution in [0.15, 0.2) is 60.7 Å². The molecule has 1 N–H and O–H groups in total. The molecular formula is C28H26F6N4O4. The lowest BCUT2D eigenvalue weighted by molar-refractivity contribution is -0.138. The van der Waals surface area contributed by atoms with E-state index in [9.17, 15) is 35.9 Å². The van der Waals surface area contributed by atoms with E-state index in [0.717, 1.165) is 24.3 Å². The van der Waals surface area contributed by atoms with Crippen molar-refractivity contribution in [2.24, 2.45) is 14.1 Å². The zero-order chi connectivity index (χ0) is 31.2. The van der Waals surface area contributed by atoms with Crippen molar-refractivity contribution in [1.82, 2.24) is 19.6 Å². The van der Waals surface area contributed by atoms with E-state index >= 15 is 0 Å². The SMILES string of the molecule is CCOC(=O)c1cc(Cc2ccc(C(F)(F)F)cc2)n(C)n1.Cn1nc(C(=O)O)cc1Cc1ccc(C(F)(F)F)cc1. The summed E-state index contributed by atoms with van der Waals surface area (Å²) in [5.74, 6) is -1.66. The molecule has 0 aliphatic rings. The summed E-state index contributed by atoms with van der Waals surface area (Å²) in [6, 6.07) is 12.6. The number of carbonyl (C=O) groups is 2. The molecule has 2 aromatic carbocycles. The summed E-state index contributed by atoms with van der Waals surface area (Å²) in [6.45, 7) is 1.95. The summed E-state index contributed by atoms with van der Waals surface area (Å²) in [5, 5.41) is 16.7. The van der Waals surface area contributed by atoms with Crippen LogP contribution in [0.1, 0.15) is 61.5 Å². The zero-order valence-electron chi connectivity index (χ0n) is 22.6. The average Bonchev–Trinajstić information content (AvgIpc) is 3.46. The van der Waals surface area contributed by atoms with E-state index < -0.39 is 35.4 Å². The van der Waals surface area contributed by atoms with E-state index in [0.29, 0.717) is 35.4 Å². The van der Waals surface area contributed by atoms with Gasteiger partial charge in [-0.15, -0.1) is 0 Å². The maximum atomic E-state index is 12.5. The number of aromatic carboxylic acids is 1. The van der Waals surface area contributed by atoms with Gasteiger partial charge in [0.25, 0.3) is 0 Å². The van der Waals surface area contributed by atoms with Crippen molar-refractivity contribution in [3.63, 3.8) is 0 Å². The molecule has 0 fully saturated rings. The third-order valence-electron chi connectivity index (χ3n) is 5.99. The normalized spacial score (nSPS) is 11.5. The molecule has 0 aliphatic heterocycles. The number of alkyl halides is 6. The summed E-state index contributed by atoms with van der Waals surface area (Å²) < 4.78 is 82.6. The molecular weight excluding hydrogens is 570 g/mol. The van der Waals surface area contributed by atoms with Gasteiger partial charge in [0.1, 0.15) is 0 Å². The van der Waals surface area contributed by atoms with Crippen molar-refractivity contribution in [2.75, 3.05) is 6.61 Å². The standard InChI is InChI=1S/C15H15F3N2O2.C13H11F3N2O2/c1-3-22-14(21)13-9-12(20(2)19-13)8-10-4-6-11(7-5-10)15(16,17)18;1-18-10(7-11(17-18)12(19)20)6-8-2-4-9(5-3-8)13(14,15)16/h4-7,9H,3,8H2,1-2H3;2-5,7H,6H2,1H3,(H,19,20). The fourth-order valence-corrected chi connectivity index (χ4v) is 3.79. The Morgan fingerprint density at radius 3 is 1.45 bits per heavy atom. The lowest BCUT2D eigenvalue weighted by atomic mass is 10.1. The van der Waals surface area contributed by atoms with Crippen molar-refractivity contribution in [3.8, 4) is 0 Å². The molecule has 0 amide bonds. The van der Waals surface area contributed by atoms with Gasteiger partial charge in [-0.1, -0.05) is 24.3 Å². The van der Waals surface area contributed by atoms with Gasteiger partial charge in [-0.05, 0) is 54.4 Å². The third kappa shape index (κ3) is 8.44. The summed E-state index contributed by atoms with van der Waals surface area (Å²) >= 11 is 0. The van der Waals surface area contributed by atoms with Gasteiger partial charge in [0.15, 0.2) is 11.4 Å². The number of hydrogen-bond acceptors (Lipinski definition) is 5. The fourth-order valence-electron chi connectivity index (χ4n) is 3.79. The Morgan fingerprint density at radius 1 is 0.738 bits per heavy atom. The highest BCUT2D eigenvalue weighted by atomic mass is 19.4. The molecule has 0 atom stereocenters. The Kier molecular flexibility index (Phi) is 9.81. The maximum Gasteiger partial charge on any atom is 0.416 e. The van der Waals surface area contributed by atoms with E-state index in [1.54, 1.807) is 27.1 Å².